The number of benzene rings is 2. The van der Waals surface area contributed by atoms with Crippen molar-refractivity contribution in [2.24, 2.45) is 0 Å². The van der Waals surface area contributed by atoms with Gasteiger partial charge >= 0.3 is 0 Å². The number of hydrogen-bond acceptors (Lipinski definition) is 3. The average Bonchev–Trinajstić information content (AvgIpc) is 2.68. The van der Waals surface area contributed by atoms with E-state index in [1.807, 2.05) is 29.2 Å². The molecule has 2 aromatic rings. The molecule has 0 bridgehead atoms. The molecular weight excluding hydrogens is 326 g/mol. The summed E-state index contributed by atoms with van der Waals surface area (Å²) in [6.45, 7) is 6.20. The third-order valence-corrected chi connectivity index (χ3v) is 4.91. The van der Waals surface area contributed by atoms with E-state index in [0.29, 0.717) is 32.0 Å². The smallest absolute Gasteiger partial charge is 0.227 e. The first-order chi connectivity index (χ1) is 12.6. The molecular formula is C22H27NO3. The van der Waals surface area contributed by atoms with Crippen LogP contribution in [0.4, 0.5) is 0 Å². The minimum atomic E-state index is -0.0511. The Bertz CT molecular complexity index is 722. The van der Waals surface area contributed by atoms with Crippen LogP contribution in [0.2, 0.25) is 0 Å². The summed E-state index contributed by atoms with van der Waals surface area (Å²) in [6.07, 6.45) is 0.355. The Kier molecular flexibility index (Phi) is 5.94. The van der Waals surface area contributed by atoms with Crippen LogP contribution >= 0.6 is 0 Å². The fourth-order valence-electron chi connectivity index (χ4n) is 3.20. The molecule has 1 amide bonds. The zero-order valence-electron chi connectivity index (χ0n) is 15.8. The van der Waals surface area contributed by atoms with Crippen molar-refractivity contribution in [3.63, 3.8) is 0 Å². The zero-order chi connectivity index (χ0) is 18.5. The monoisotopic (exact) mass is 353 g/mol. The Morgan fingerprint density at radius 1 is 1.15 bits per heavy atom. The normalized spacial score (nSPS) is 17.4. The predicted octanol–water partition coefficient (Wildman–Crippen LogP) is 3.96. The molecule has 1 aliphatic rings. The summed E-state index contributed by atoms with van der Waals surface area (Å²) in [5.41, 5.74) is 3.45. The van der Waals surface area contributed by atoms with Gasteiger partial charge in [0.05, 0.1) is 26.7 Å². The standard InChI is InChI=1S/C22H27NO3/c1-16(2)18-6-8-19(9-7-18)21-15-23(12-13-26-21)22(24)14-17-4-10-20(25-3)11-5-17/h4-11,16,21H,12-15H2,1-3H3. The molecule has 1 unspecified atom stereocenters. The van der Waals surface area contributed by atoms with Gasteiger partial charge in [0.15, 0.2) is 0 Å². The SMILES string of the molecule is COc1ccc(CC(=O)N2CCOC(c3ccc(C(C)C)cc3)C2)cc1. The number of rotatable bonds is 5. The highest BCUT2D eigenvalue weighted by Crippen LogP contribution is 2.25. The van der Waals surface area contributed by atoms with Crippen LogP contribution in [0, 0.1) is 0 Å². The van der Waals surface area contributed by atoms with Gasteiger partial charge < -0.3 is 14.4 Å². The number of morpholine rings is 1. The van der Waals surface area contributed by atoms with Gasteiger partial charge in [-0.2, -0.15) is 0 Å². The number of hydrogen-bond donors (Lipinski definition) is 0. The molecule has 1 saturated heterocycles. The second-order valence-electron chi connectivity index (χ2n) is 7.05. The van der Waals surface area contributed by atoms with Gasteiger partial charge in [0.25, 0.3) is 0 Å². The number of carbonyl (C=O) groups is 1. The maximum atomic E-state index is 12.7. The van der Waals surface area contributed by atoms with Crippen LogP contribution in [0.3, 0.4) is 0 Å². The summed E-state index contributed by atoms with van der Waals surface area (Å²) in [5, 5.41) is 0. The van der Waals surface area contributed by atoms with Gasteiger partial charge in [0, 0.05) is 6.54 Å². The fourth-order valence-corrected chi connectivity index (χ4v) is 3.20. The van der Waals surface area contributed by atoms with Crippen LogP contribution < -0.4 is 4.74 Å². The van der Waals surface area contributed by atoms with E-state index in [1.165, 1.54) is 5.56 Å². The molecule has 4 nitrogen and oxygen atoms in total. The molecule has 3 rings (SSSR count). The Balaban J connectivity index is 1.62. The molecule has 0 saturated carbocycles. The van der Waals surface area contributed by atoms with E-state index in [4.69, 9.17) is 9.47 Å². The summed E-state index contributed by atoms with van der Waals surface area (Å²) < 4.78 is 11.1. The Labute approximate surface area is 155 Å². The van der Waals surface area contributed by atoms with Gasteiger partial charge in [0.2, 0.25) is 5.91 Å². The first kappa shape index (κ1) is 18.5. The second kappa shape index (κ2) is 8.37. The minimum absolute atomic E-state index is 0.0511. The first-order valence-corrected chi connectivity index (χ1v) is 9.19. The second-order valence-corrected chi connectivity index (χ2v) is 7.05. The molecule has 138 valence electrons. The molecule has 0 spiro atoms. The largest absolute Gasteiger partial charge is 0.497 e. The lowest BCUT2D eigenvalue weighted by molar-refractivity contribution is -0.138. The Hall–Kier alpha value is -2.33. The minimum Gasteiger partial charge on any atom is -0.497 e. The lowest BCUT2D eigenvalue weighted by Gasteiger charge is -2.33. The molecule has 1 fully saturated rings. The lowest BCUT2D eigenvalue weighted by Crippen LogP contribution is -2.43. The summed E-state index contributed by atoms with van der Waals surface area (Å²) in [6, 6.07) is 16.2. The number of amides is 1. The highest BCUT2D eigenvalue weighted by molar-refractivity contribution is 5.79. The summed E-state index contributed by atoms with van der Waals surface area (Å²) in [4.78, 5) is 14.6. The van der Waals surface area contributed by atoms with E-state index < -0.39 is 0 Å². The van der Waals surface area contributed by atoms with Gasteiger partial charge in [0.1, 0.15) is 11.9 Å². The van der Waals surface area contributed by atoms with Crippen molar-refractivity contribution in [1.29, 1.82) is 0 Å². The molecule has 4 heteroatoms. The number of methoxy groups -OCH3 is 1. The van der Waals surface area contributed by atoms with Crippen LogP contribution in [0.25, 0.3) is 0 Å². The maximum Gasteiger partial charge on any atom is 0.227 e. The van der Waals surface area contributed by atoms with Gasteiger partial charge in [-0.1, -0.05) is 50.2 Å². The van der Waals surface area contributed by atoms with E-state index >= 15 is 0 Å². The highest BCUT2D eigenvalue weighted by Gasteiger charge is 2.25. The molecule has 1 aliphatic heterocycles. The van der Waals surface area contributed by atoms with E-state index in [0.717, 1.165) is 16.9 Å². The first-order valence-electron chi connectivity index (χ1n) is 9.19. The van der Waals surface area contributed by atoms with Gasteiger partial charge in [-0.05, 0) is 34.7 Å². The van der Waals surface area contributed by atoms with Crippen LogP contribution in [0.15, 0.2) is 48.5 Å². The lowest BCUT2D eigenvalue weighted by atomic mass is 9.99. The van der Waals surface area contributed by atoms with E-state index in [9.17, 15) is 4.79 Å². The fraction of sp³-hybridized carbons (Fsp3) is 0.409. The summed E-state index contributed by atoms with van der Waals surface area (Å²) in [7, 11) is 1.64. The van der Waals surface area contributed by atoms with Gasteiger partial charge in [-0.25, -0.2) is 0 Å². The van der Waals surface area contributed by atoms with Crippen molar-refractivity contribution in [3.05, 3.63) is 65.2 Å². The maximum absolute atomic E-state index is 12.7. The van der Waals surface area contributed by atoms with Crippen molar-refractivity contribution >= 4 is 5.91 Å². The van der Waals surface area contributed by atoms with E-state index in [-0.39, 0.29) is 12.0 Å². The molecule has 26 heavy (non-hydrogen) atoms. The summed E-state index contributed by atoms with van der Waals surface area (Å²) >= 11 is 0. The zero-order valence-corrected chi connectivity index (χ0v) is 15.8. The van der Waals surface area contributed by atoms with Crippen molar-refractivity contribution in [1.82, 2.24) is 4.90 Å². The van der Waals surface area contributed by atoms with Gasteiger partial charge in [-0.15, -0.1) is 0 Å². The molecule has 0 N–H and O–H groups in total. The molecule has 1 heterocycles. The molecule has 1 atom stereocenters. The number of nitrogens with zero attached hydrogens (tertiary/aromatic N) is 1. The Morgan fingerprint density at radius 2 is 1.85 bits per heavy atom. The molecule has 2 aromatic carbocycles. The van der Waals surface area contributed by atoms with Gasteiger partial charge in [-0.3, -0.25) is 4.79 Å². The quantitative estimate of drug-likeness (QED) is 0.817. The van der Waals surface area contributed by atoms with E-state index in [1.54, 1.807) is 7.11 Å². The van der Waals surface area contributed by atoms with Crippen molar-refractivity contribution in [2.75, 3.05) is 26.8 Å². The Morgan fingerprint density at radius 3 is 2.46 bits per heavy atom. The molecule has 0 radical (unpaired) electrons. The van der Waals surface area contributed by atoms with Crippen LogP contribution in [-0.2, 0) is 16.0 Å². The van der Waals surface area contributed by atoms with E-state index in [2.05, 4.69) is 38.1 Å². The third-order valence-electron chi connectivity index (χ3n) is 4.91. The number of ether oxygens (including phenoxy) is 2. The van der Waals surface area contributed by atoms with Crippen molar-refractivity contribution < 1.29 is 14.3 Å². The van der Waals surface area contributed by atoms with Crippen LogP contribution in [0.1, 0.15) is 42.6 Å². The molecule has 0 aromatic heterocycles. The molecule has 0 aliphatic carbocycles. The van der Waals surface area contributed by atoms with Crippen molar-refractivity contribution in [2.45, 2.75) is 32.3 Å². The average molecular weight is 353 g/mol. The predicted molar refractivity (Wildman–Crippen MR) is 103 cm³/mol. The highest BCUT2D eigenvalue weighted by atomic mass is 16.5. The van der Waals surface area contributed by atoms with Crippen LogP contribution in [-0.4, -0.2) is 37.6 Å². The summed E-state index contributed by atoms with van der Waals surface area (Å²) in [5.74, 6) is 1.46. The van der Waals surface area contributed by atoms with Crippen LogP contribution in [0.5, 0.6) is 5.75 Å². The topological polar surface area (TPSA) is 38.8 Å². The third kappa shape index (κ3) is 4.44. The van der Waals surface area contributed by atoms with Crippen molar-refractivity contribution in [3.8, 4) is 5.75 Å². The number of carbonyl (C=O) groups excluding carboxylic acids is 1.